The van der Waals surface area contributed by atoms with Gasteiger partial charge in [-0.3, -0.25) is 9.69 Å². The summed E-state index contributed by atoms with van der Waals surface area (Å²) in [5, 5.41) is 4.93. The molecular formula is C24H26ClN3OS. The van der Waals surface area contributed by atoms with Crippen molar-refractivity contribution in [3.8, 4) is 0 Å². The molecule has 2 aromatic carbocycles. The number of carbonyl (C=O) groups is 1. The summed E-state index contributed by atoms with van der Waals surface area (Å²) in [7, 11) is 2.15. The summed E-state index contributed by atoms with van der Waals surface area (Å²) in [5.41, 5.74) is 1.12. The maximum atomic E-state index is 12.8. The molecule has 1 saturated heterocycles. The first-order valence-electron chi connectivity index (χ1n) is 10.2. The number of benzene rings is 2. The topological polar surface area (TPSA) is 35.6 Å². The van der Waals surface area contributed by atoms with Crippen LogP contribution in [0.15, 0.2) is 60.7 Å². The zero-order valence-electron chi connectivity index (χ0n) is 17.1. The third-order valence-corrected chi connectivity index (χ3v) is 7.16. The van der Waals surface area contributed by atoms with Gasteiger partial charge in [0.05, 0.1) is 11.1 Å². The van der Waals surface area contributed by atoms with Crippen LogP contribution in [0.5, 0.6) is 0 Å². The molecule has 156 valence electrons. The fraction of sp³-hybridized carbons (Fsp3) is 0.292. The van der Waals surface area contributed by atoms with Crippen molar-refractivity contribution >= 4 is 45.0 Å². The van der Waals surface area contributed by atoms with Crippen LogP contribution in [-0.2, 0) is 4.79 Å². The maximum absolute atomic E-state index is 12.8. The molecule has 0 spiro atoms. The molecule has 1 aliphatic rings. The predicted octanol–water partition coefficient (Wildman–Crippen LogP) is 4.67. The Kier molecular flexibility index (Phi) is 6.85. The molecular weight excluding hydrogens is 414 g/mol. The summed E-state index contributed by atoms with van der Waals surface area (Å²) in [4.78, 5) is 18.4. The second-order valence-corrected chi connectivity index (χ2v) is 9.15. The number of likely N-dealkylation sites (N-methyl/N-ethyl adjacent to an activating group) is 1. The third-order valence-electron chi connectivity index (χ3n) is 5.50. The van der Waals surface area contributed by atoms with Crippen molar-refractivity contribution in [3.05, 3.63) is 76.1 Å². The Hall–Kier alpha value is -2.18. The summed E-state index contributed by atoms with van der Waals surface area (Å²) >= 11 is 8.10. The molecule has 1 N–H and O–H groups in total. The fourth-order valence-electron chi connectivity index (χ4n) is 3.72. The zero-order chi connectivity index (χ0) is 20.9. The smallest absolute Gasteiger partial charge is 0.244 e. The molecule has 3 aromatic rings. The Bertz CT molecular complexity index is 1030. The summed E-state index contributed by atoms with van der Waals surface area (Å²) in [6.07, 6.45) is 3.41. The lowest BCUT2D eigenvalue weighted by Crippen LogP contribution is -2.47. The minimum absolute atomic E-state index is 0.0513. The van der Waals surface area contributed by atoms with E-state index in [4.69, 9.17) is 11.6 Å². The monoisotopic (exact) mass is 439 g/mol. The average Bonchev–Trinajstić information content (AvgIpc) is 3.10. The number of hydrogen-bond acceptors (Lipinski definition) is 4. The highest BCUT2D eigenvalue weighted by Crippen LogP contribution is 2.35. The van der Waals surface area contributed by atoms with Gasteiger partial charge in [-0.2, -0.15) is 0 Å². The number of nitrogens with one attached hydrogen (secondary N) is 1. The second kappa shape index (κ2) is 9.75. The van der Waals surface area contributed by atoms with Crippen LogP contribution in [0.4, 0.5) is 0 Å². The van der Waals surface area contributed by atoms with Crippen molar-refractivity contribution in [1.82, 2.24) is 15.1 Å². The number of carbonyl (C=O) groups excluding carboxylic acids is 1. The quantitative estimate of drug-likeness (QED) is 0.567. The first-order chi connectivity index (χ1) is 14.6. The van der Waals surface area contributed by atoms with Crippen LogP contribution in [0.3, 0.4) is 0 Å². The van der Waals surface area contributed by atoms with Gasteiger partial charge in [-0.15, -0.1) is 11.3 Å². The molecule has 1 atom stereocenters. The molecule has 1 fully saturated rings. The van der Waals surface area contributed by atoms with Gasteiger partial charge in [-0.05, 0) is 24.8 Å². The number of amides is 1. The van der Waals surface area contributed by atoms with Gasteiger partial charge in [0.1, 0.15) is 0 Å². The Balaban J connectivity index is 1.46. The van der Waals surface area contributed by atoms with E-state index in [-0.39, 0.29) is 11.9 Å². The van der Waals surface area contributed by atoms with E-state index in [0.717, 1.165) is 53.3 Å². The van der Waals surface area contributed by atoms with Crippen LogP contribution in [0.25, 0.3) is 16.2 Å². The van der Waals surface area contributed by atoms with Crippen LogP contribution >= 0.6 is 22.9 Å². The number of thiophene rings is 1. The van der Waals surface area contributed by atoms with E-state index in [0.29, 0.717) is 5.02 Å². The molecule has 1 unspecified atom stereocenters. The SMILES string of the molecule is CN1CCN(CC(NC(=O)/C=C/c2sc3ccccc3c2Cl)c2ccccc2)CC1. The predicted molar refractivity (Wildman–Crippen MR) is 127 cm³/mol. The zero-order valence-corrected chi connectivity index (χ0v) is 18.6. The van der Waals surface area contributed by atoms with Crippen molar-refractivity contribution < 1.29 is 4.79 Å². The highest BCUT2D eigenvalue weighted by atomic mass is 35.5. The third kappa shape index (κ3) is 5.10. The van der Waals surface area contributed by atoms with Gasteiger partial charge in [0.2, 0.25) is 5.91 Å². The number of nitrogens with zero attached hydrogens (tertiary/aromatic N) is 2. The molecule has 0 radical (unpaired) electrons. The molecule has 2 heterocycles. The van der Waals surface area contributed by atoms with E-state index >= 15 is 0 Å². The number of hydrogen-bond donors (Lipinski definition) is 1. The fourth-order valence-corrected chi connectivity index (χ4v) is 5.12. The molecule has 0 bridgehead atoms. The first-order valence-corrected chi connectivity index (χ1v) is 11.4. The lowest BCUT2D eigenvalue weighted by Gasteiger charge is -2.34. The van der Waals surface area contributed by atoms with Crippen LogP contribution in [0.1, 0.15) is 16.5 Å². The van der Waals surface area contributed by atoms with Crippen molar-refractivity contribution in [1.29, 1.82) is 0 Å². The molecule has 1 aliphatic heterocycles. The van der Waals surface area contributed by atoms with Gasteiger partial charge in [0, 0.05) is 53.8 Å². The first kappa shape index (κ1) is 21.1. The van der Waals surface area contributed by atoms with E-state index < -0.39 is 0 Å². The maximum Gasteiger partial charge on any atom is 0.244 e. The van der Waals surface area contributed by atoms with Gasteiger partial charge in [-0.25, -0.2) is 0 Å². The molecule has 0 aliphatic carbocycles. The van der Waals surface area contributed by atoms with E-state index in [1.165, 1.54) is 0 Å². The summed E-state index contributed by atoms with van der Waals surface area (Å²) in [5.74, 6) is -0.105. The van der Waals surface area contributed by atoms with Crippen molar-refractivity contribution in [3.63, 3.8) is 0 Å². The summed E-state index contributed by atoms with van der Waals surface area (Å²) in [6, 6.07) is 18.2. The van der Waals surface area contributed by atoms with Crippen LogP contribution in [-0.4, -0.2) is 55.5 Å². The van der Waals surface area contributed by atoms with E-state index in [1.54, 1.807) is 17.4 Å². The van der Waals surface area contributed by atoms with Crippen molar-refractivity contribution in [2.24, 2.45) is 0 Å². The molecule has 1 amide bonds. The van der Waals surface area contributed by atoms with Crippen LogP contribution in [0.2, 0.25) is 5.02 Å². The normalized spacial score (nSPS) is 16.9. The largest absolute Gasteiger partial charge is 0.344 e. The summed E-state index contributed by atoms with van der Waals surface area (Å²) in [6.45, 7) is 4.95. The highest BCUT2D eigenvalue weighted by Gasteiger charge is 2.20. The van der Waals surface area contributed by atoms with Gasteiger partial charge in [0.25, 0.3) is 0 Å². The molecule has 6 heteroatoms. The second-order valence-electron chi connectivity index (χ2n) is 7.69. The Labute approximate surface area is 186 Å². The number of fused-ring (bicyclic) bond motifs is 1. The molecule has 1 aromatic heterocycles. The van der Waals surface area contributed by atoms with Crippen LogP contribution in [0, 0.1) is 0 Å². The van der Waals surface area contributed by atoms with E-state index in [9.17, 15) is 4.79 Å². The molecule has 4 nitrogen and oxygen atoms in total. The van der Waals surface area contributed by atoms with E-state index in [2.05, 4.69) is 34.3 Å². The standard InChI is InChI=1S/C24H26ClN3OS/c1-27-13-15-28(16-14-27)17-20(18-7-3-2-4-8-18)26-23(29)12-11-22-24(25)19-9-5-6-10-21(19)30-22/h2-12,20H,13-17H2,1H3,(H,26,29)/b12-11+. The molecule has 30 heavy (non-hydrogen) atoms. The number of halogens is 1. The Morgan fingerprint density at radius 3 is 2.53 bits per heavy atom. The van der Waals surface area contributed by atoms with Gasteiger partial charge in [-0.1, -0.05) is 60.1 Å². The highest BCUT2D eigenvalue weighted by molar-refractivity contribution is 7.20. The summed E-state index contributed by atoms with van der Waals surface area (Å²) < 4.78 is 1.12. The number of rotatable bonds is 6. The average molecular weight is 440 g/mol. The van der Waals surface area contributed by atoms with E-state index in [1.807, 2.05) is 48.5 Å². The lowest BCUT2D eigenvalue weighted by atomic mass is 10.1. The van der Waals surface area contributed by atoms with Crippen molar-refractivity contribution in [2.75, 3.05) is 39.8 Å². The minimum Gasteiger partial charge on any atom is -0.344 e. The van der Waals surface area contributed by atoms with Gasteiger partial charge in [0.15, 0.2) is 0 Å². The van der Waals surface area contributed by atoms with Crippen molar-refractivity contribution in [2.45, 2.75) is 6.04 Å². The van der Waals surface area contributed by atoms with Crippen LogP contribution < -0.4 is 5.32 Å². The van der Waals surface area contributed by atoms with Gasteiger partial charge >= 0.3 is 0 Å². The van der Waals surface area contributed by atoms with Gasteiger partial charge < -0.3 is 10.2 Å². The molecule has 0 saturated carbocycles. The Morgan fingerprint density at radius 1 is 1.10 bits per heavy atom. The number of piperazine rings is 1. The minimum atomic E-state index is -0.105. The lowest BCUT2D eigenvalue weighted by molar-refractivity contribution is -0.117. The Morgan fingerprint density at radius 2 is 1.80 bits per heavy atom. The molecule has 4 rings (SSSR count).